The predicted molar refractivity (Wildman–Crippen MR) is 89.6 cm³/mol. The number of rotatable bonds is 2. The van der Waals surface area contributed by atoms with Gasteiger partial charge in [-0.2, -0.15) is 0 Å². The van der Waals surface area contributed by atoms with Gasteiger partial charge in [0.05, 0.1) is 19.1 Å². The van der Waals surface area contributed by atoms with E-state index in [0.717, 1.165) is 12.1 Å². The molecule has 1 aromatic heterocycles. The van der Waals surface area contributed by atoms with Gasteiger partial charge in [-0.05, 0) is 18.4 Å². The molecule has 0 radical (unpaired) electrons. The Hall–Kier alpha value is -2.22. The Morgan fingerprint density at radius 3 is 2.96 bits per heavy atom. The average molecular weight is 345 g/mol. The first kappa shape index (κ1) is 16.3. The van der Waals surface area contributed by atoms with E-state index < -0.39 is 5.72 Å². The number of carbonyl (C=O) groups excluding carboxylic acids is 2. The van der Waals surface area contributed by atoms with Crippen molar-refractivity contribution in [2.75, 3.05) is 25.4 Å². The van der Waals surface area contributed by atoms with Crippen LogP contribution in [0.25, 0.3) is 0 Å². The van der Waals surface area contributed by atoms with Crippen molar-refractivity contribution in [1.82, 2.24) is 19.8 Å². The molecule has 25 heavy (non-hydrogen) atoms. The fourth-order valence-corrected chi connectivity index (χ4v) is 4.23. The fraction of sp³-hybridized carbons (Fsp3) is 0.647. The Morgan fingerprint density at radius 2 is 2.20 bits per heavy atom. The van der Waals surface area contributed by atoms with Gasteiger partial charge >= 0.3 is 0 Å². The van der Waals surface area contributed by atoms with Gasteiger partial charge in [0.25, 0.3) is 5.91 Å². The summed E-state index contributed by atoms with van der Waals surface area (Å²) in [5, 5.41) is 0. The standard InChI is InChI=1S/C17H23N5O3/c1-10(2)11-8-12(20-16(18)19-11)15(24)21-6-4-17-13(21)9-14(23)22(17)5-3-7-25-17/h8,10,13H,3-7,9H2,1-2H3,(H2,18,19,20)/t13-,17+/m1/s1. The highest BCUT2D eigenvalue weighted by Crippen LogP contribution is 2.45. The first-order valence-corrected chi connectivity index (χ1v) is 8.82. The minimum atomic E-state index is -0.648. The highest BCUT2D eigenvalue weighted by Gasteiger charge is 2.61. The van der Waals surface area contributed by atoms with Crippen LogP contribution in [0.15, 0.2) is 6.07 Å². The van der Waals surface area contributed by atoms with Gasteiger partial charge in [0.2, 0.25) is 11.9 Å². The predicted octanol–water partition coefficient (Wildman–Crippen LogP) is 0.746. The highest BCUT2D eigenvalue weighted by atomic mass is 16.5. The van der Waals surface area contributed by atoms with Gasteiger partial charge in [0.15, 0.2) is 5.72 Å². The molecule has 8 nitrogen and oxygen atoms in total. The van der Waals surface area contributed by atoms with Gasteiger partial charge in [-0.3, -0.25) is 9.59 Å². The van der Waals surface area contributed by atoms with Gasteiger partial charge in [0.1, 0.15) is 5.69 Å². The zero-order chi connectivity index (χ0) is 17.8. The topological polar surface area (TPSA) is 102 Å². The third-order valence-corrected chi connectivity index (χ3v) is 5.45. The number of ether oxygens (including phenoxy) is 1. The zero-order valence-electron chi connectivity index (χ0n) is 14.6. The lowest BCUT2D eigenvalue weighted by atomic mass is 10.0. The van der Waals surface area contributed by atoms with Crippen molar-refractivity contribution in [3.63, 3.8) is 0 Å². The molecule has 3 aliphatic rings. The number of anilines is 1. The third-order valence-electron chi connectivity index (χ3n) is 5.45. The summed E-state index contributed by atoms with van der Waals surface area (Å²) >= 11 is 0. The summed E-state index contributed by atoms with van der Waals surface area (Å²) < 4.78 is 6.04. The number of nitrogens with two attached hydrogens (primary N) is 1. The van der Waals surface area contributed by atoms with Crippen LogP contribution >= 0.6 is 0 Å². The van der Waals surface area contributed by atoms with Crippen LogP contribution in [0.5, 0.6) is 0 Å². The molecule has 8 heteroatoms. The van der Waals surface area contributed by atoms with E-state index in [1.807, 2.05) is 18.7 Å². The molecule has 2 amide bonds. The molecular weight excluding hydrogens is 322 g/mol. The summed E-state index contributed by atoms with van der Waals surface area (Å²) in [6, 6.07) is 1.44. The second kappa shape index (κ2) is 5.66. The highest BCUT2D eigenvalue weighted by molar-refractivity contribution is 5.94. The second-order valence-electron chi connectivity index (χ2n) is 7.25. The number of carbonyl (C=O) groups is 2. The van der Waals surface area contributed by atoms with Crippen LogP contribution < -0.4 is 5.73 Å². The van der Waals surface area contributed by atoms with Gasteiger partial charge in [-0.25, -0.2) is 9.97 Å². The molecule has 1 spiro atoms. The maximum atomic E-state index is 13.1. The summed E-state index contributed by atoms with van der Waals surface area (Å²) in [5.74, 6) is 0.0995. The van der Waals surface area contributed by atoms with E-state index in [-0.39, 0.29) is 35.4 Å². The Balaban J connectivity index is 1.65. The minimum absolute atomic E-state index is 0.0623. The number of nitrogen functional groups attached to an aromatic ring is 1. The third kappa shape index (κ3) is 2.38. The number of hydrogen-bond acceptors (Lipinski definition) is 6. The van der Waals surface area contributed by atoms with Gasteiger partial charge in [-0.15, -0.1) is 0 Å². The van der Waals surface area contributed by atoms with E-state index in [9.17, 15) is 9.59 Å². The lowest BCUT2D eigenvalue weighted by molar-refractivity contribution is -0.179. The summed E-state index contributed by atoms with van der Waals surface area (Å²) in [5.41, 5.74) is 6.16. The summed E-state index contributed by atoms with van der Waals surface area (Å²) in [6.07, 6.45) is 1.80. The molecule has 0 unspecified atom stereocenters. The van der Waals surface area contributed by atoms with Crippen LogP contribution in [-0.2, 0) is 9.53 Å². The molecule has 0 bridgehead atoms. The number of aromatic nitrogens is 2. The van der Waals surface area contributed by atoms with Crippen molar-refractivity contribution in [2.24, 2.45) is 0 Å². The molecule has 0 aliphatic carbocycles. The molecule has 2 atom stereocenters. The molecule has 0 saturated carbocycles. The summed E-state index contributed by atoms with van der Waals surface area (Å²) in [6.45, 7) is 5.86. The number of nitrogens with zero attached hydrogens (tertiary/aromatic N) is 4. The molecule has 0 aromatic carbocycles. The van der Waals surface area contributed by atoms with Gasteiger partial charge in [-0.1, -0.05) is 13.8 Å². The Kier molecular flexibility index (Phi) is 3.68. The maximum absolute atomic E-state index is 13.1. The number of hydrogen-bond donors (Lipinski definition) is 1. The molecule has 2 N–H and O–H groups in total. The van der Waals surface area contributed by atoms with Crippen LogP contribution in [0.4, 0.5) is 5.95 Å². The molecule has 3 fully saturated rings. The number of likely N-dealkylation sites (tertiary alicyclic amines) is 1. The van der Waals surface area contributed by atoms with E-state index in [2.05, 4.69) is 9.97 Å². The lowest BCUT2D eigenvalue weighted by Gasteiger charge is -2.42. The van der Waals surface area contributed by atoms with Crippen molar-refractivity contribution in [1.29, 1.82) is 0 Å². The summed E-state index contributed by atoms with van der Waals surface area (Å²) in [7, 11) is 0. The van der Waals surface area contributed by atoms with Crippen molar-refractivity contribution in [3.8, 4) is 0 Å². The van der Waals surface area contributed by atoms with Crippen LogP contribution in [-0.4, -0.2) is 63.0 Å². The second-order valence-corrected chi connectivity index (χ2v) is 7.25. The SMILES string of the molecule is CC(C)c1cc(C(=O)N2CC[C@@]34OCCCN3C(=O)C[C@@H]24)nc(N)n1. The van der Waals surface area contributed by atoms with E-state index in [1.165, 1.54) is 0 Å². The lowest BCUT2D eigenvalue weighted by Crippen LogP contribution is -2.56. The molecular formula is C17H23N5O3. The molecule has 134 valence electrons. The zero-order valence-corrected chi connectivity index (χ0v) is 14.6. The maximum Gasteiger partial charge on any atom is 0.273 e. The van der Waals surface area contributed by atoms with Crippen LogP contribution in [0.1, 0.15) is 55.2 Å². The van der Waals surface area contributed by atoms with Crippen molar-refractivity contribution in [2.45, 2.75) is 50.8 Å². The van der Waals surface area contributed by atoms with E-state index in [0.29, 0.717) is 32.5 Å². The van der Waals surface area contributed by atoms with E-state index in [1.54, 1.807) is 11.0 Å². The monoisotopic (exact) mass is 345 g/mol. The van der Waals surface area contributed by atoms with E-state index >= 15 is 0 Å². The molecule has 1 aromatic rings. The fourth-order valence-electron chi connectivity index (χ4n) is 4.23. The molecule has 4 rings (SSSR count). The Bertz CT molecular complexity index is 737. The largest absolute Gasteiger partial charge is 0.368 e. The van der Waals surface area contributed by atoms with Crippen LogP contribution in [0.2, 0.25) is 0 Å². The van der Waals surface area contributed by atoms with Crippen molar-refractivity contribution in [3.05, 3.63) is 17.5 Å². The first-order chi connectivity index (χ1) is 11.9. The first-order valence-electron chi connectivity index (χ1n) is 8.82. The minimum Gasteiger partial charge on any atom is -0.368 e. The molecule has 4 heterocycles. The summed E-state index contributed by atoms with van der Waals surface area (Å²) in [4.78, 5) is 37.3. The van der Waals surface area contributed by atoms with Crippen LogP contribution in [0, 0.1) is 0 Å². The Labute approximate surface area is 146 Å². The van der Waals surface area contributed by atoms with E-state index in [4.69, 9.17) is 10.5 Å². The van der Waals surface area contributed by atoms with Crippen molar-refractivity contribution < 1.29 is 14.3 Å². The molecule has 3 aliphatic heterocycles. The normalized spacial score (nSPS) is 28.4. The molecule has 3 saturated heterocycles. The Morgan fingerprint density at radius 1 is 1.40 bits per heavy atom. The average Bonchev–Trinajstić information content (AvgIpc) is 3.06. The quantitative estimate of drug-likeness (QED) is 0.848. The smallest absolute Gasteiger partial charge is 0.273 e. The van der Waals surface area contributed by atoms with Crippen LogP contribution in [0.3, 0.4) is 0 Å². The van der Waals surface area contributed by atoms with Gasteiger partial charge in [0, 0.05) is 25.2 Å². The number of amides is 2. The van der Waals surface area contributed by atoms with Crippen molar-refractivity contribution >= 4 is 17.8 Å². The van der Waals surface area contributed by atoms with Gasteiger partial charge < -0.3 is 20.3 Å².